The number of rotatable bonds is 11. The molecule has 0 aliphatic carbocycles. The number of carbonyl (C=O) groups is 1. The molecule has 0 saturated heterocycles. The van der Waals surface area contributed by atoms with Crippen LogP contribution < -0.4 is 14.4 Å². The first kappa shape index (κ1) is 25.6. The Morgan fingerprint density at radius 2 is 1.71 bits per heavy atom. The molecule has 0 fully saturated rings. The Hall–Kier alpha value is -2.97. The van der Waals surface area contributed by atoms with Crippen molar-refractivity contribution in [3.8, 4) is 11.5 Å². The first-order valence-corrected chi connectivity index (χ1v) is 12.1. The maximum atomic E-state index is 12.7. The van der Waals surface area contributed by atoms with Crippen molar-refractivity contribution in [3.05, 3.63) is 70.9 Å². The fourth-order valence-electron chi connectivity index (χ4n) is 3.28. The third-order valence-electron chi connectivity index (χ3n) is 5.25. The SMILES string of the molecule is COc1ccc(CCN(C)C(=O)CSc2nc(Cl)cc(N(C)Cc3ccccc3)n2)cc1OC. The first-order chi connectivity index (χ1) is 16.4. The van der Waals surface area contributed by atoms with E-state index in [0.717, 1.165) is 5.56 Å². The van der Waals surface area contributed by atoms with Gasteiger partial charge in [-0.1, -0.05) is 59.8 Å². The third kappa shape index (κ3) is 7.27. The quantitative estimate of drug-likeness (QED) is 0.217. The number of benzene rings is 2. The van der Waals surface area contributed by atoms with Gasteiger partial charge in [0.1, 0.15) is 11.0 Å². The fraction of sp³-hybridized carbons (Fsp3) is 0.320. The molecule has 0 radical (unpaired) electrons. The molecule has 0 aliphatic rings. The van der Waals surface area contributed by atoms with Crippen LogP contribution in [0.3, 0.4) is 0 Å². The standard InChI is InChI=1S/C25H29ClN4O3S/c1-29(13-12-18-10-11-20(32-3)21(14-18)33-4)24(31)17-34-25-27-22(26)15-23(28-25)30(2)16-19-8-6-5-7-9-19/h5-11,14-15H,12-13,16-17H2,1-4H3. The summed E-state index contributed by atoms with van der Waals surface area (Å²) in [5.41, 5.74) is 2.23. The van der Waals surface area contributed by atoms with Crippen LogP contribution in [0.2, 0.25) is 5.15 Å². The van der Waals surface area contributed by atoms with Crippen molar-refractivity contribution in [1.82, 2.24) is 14.9 Å². The van der Waals surface area contributed by atoms with E-state index in [0.29, 0.717) is 47.1 Å². The van der Waals surface area contributed by atoms with E-state index in [4.69, 9.17) is 21.1 Å². The van der Waals surface area contributed by atoms with E-state index in [1.165, 1.54) is 17.3 Å². The van der Waals surface area contributed by atoms with E-state index in [9.17, 15) is 4.79 Å². The van der Waals surface area contributed by atoms with Gasteiger partial charge in [0, 0.05) is 33.3 Å². The van der Waals surface area contributed by atoms with Crippen LogP contribution >= 0.6 is 23.4 Å². The second-order valence-corrected chi connectivity index (χ2v) is 9.05. The van der Waals surface area contributed by atoms with Gasteiger partial charge in [-0.2, -0.15) is 0 Å². The van der Waals surface area contributed by atoms with Crippen LogP contribution in [-0.2, 0) is 17.8 Å². The van der Waals surface area contributed by atoms with E-state index < -0.39 is 0 Å². The van der Waals surface area contributed by atoms with Gasteiger partial charge in [0.25, 0.3) is 0 Å². The highest BCUT2D eigenvalue weighted by Gasteiger charge is 2.14. The zero-order chi connectivity index (χ0) is 24.5. The van der Waals surface area contributed by atoms with Crippen LogP contribution in [0.25, 0.3) is 0 Å². The van der Waals surface area contributed by atoms with Crippen molar-refractivity contribution in [3.63, 3.8) is 0 Å². The lowest BCUT2D eigenvalue weighted by Crippen LogP contribution is -2.30. The maximum absolute atomic E-state index is 12.7. The second-order valence-electron chi connectivity index (χ2n) is 7.72. The molecule has 0 unspecified atom stereocenters. The lowest BCUT2D eigenvalue weighted by Gasteiger charge is -2.19. The van der Waals surface area contributed by atoms with Gasteiger partial charge in [0.15, 0.2) is 16.7 Å². The number of aromatic nitrogens is 2. The predicted octanol–water partition coefficient (Wildman–Crippen LogP) is 4.58. The average Bonchev–Trinajstić information content (AvgIpc) is 2.85. The number of nitrogens with zero attached hydrogens (tertiary/aromatic N) is 4. The van der Waals surface area contributed by atoms with E-state index in [1.54, 1.807) is 32.2 Å². The molecule has 0 spiro atoms. The number of anilines is 1. The largest absolute Gasteiger partial charge is 0.493 e. The number of hydrogen-bond donors (Lipinski definition) is 0. The van der Waals surface area contributed by atoms with E-state index in [-0.39, 0.29) is 11.7 Å². The predicted molar refractivity (Wildman–Crippen MR) is 137 cm³/mol. The van der Waals surface area contributed by atoms with E-state index in [1.807, 2.05) is 48.3 Å². The Labute approximate surface area is 210 Å². The molecule has 34 heavy (non-hydrogen) atoms. The van der Waals surface area contributed by atoms with Gasteiger partial charge in [-0.3, -0.25) is 4.79 Å². The Bertz CT molecular complexity index is 1100. The zero-order valence-electron chi connectivity index (χ0n) is 19.8. The number of halogens is 1. The van der Waals surface area contributed by atoms with Gasteiger partial charge in [-0.15, -0.1) is 0 Å². The minimum Gasteiger partial charge on any atom is -0.493 e. The lowest BCUT2D eigenvalue weighted by atomic mass is 10.1. The van der Waals surface area contributed by atoms with Crippen molar-refractivity contribution in [1.29, 1.82) is 0 Å². The monoisotopic (exact) mass is 500 g/mol. The van der Waals surface area contributed by atoms with Crippen LogP contribution in [-0.4, -0.2) is 61.4 Å². The summed E-state index contributed by atoms with van der Waals surface area (Å²) in [5, 5.41) is 0.825. The molecule has 0 saturated carbocycles. The molecule has 0 bridgehead atoms. The first-order valence-electron chi connectivity index (χ1n) is 10.8. The summed E-state index contributed by atoms with van der Waals surface area (Å²) in [6, 6.07) is 17.6. The van der Waals surface area contributed by atoms with Crippen molar-refractivity contribution in [2.45, 2.75) is 18.1 Å². The Kier molecular flexibility index (Phi) is 9.42. The number of methoxy groups -OCH3 is 2. The highest BCUT2D eigenvalue weighted by molar-refractivity contribution is 7.99. The van der Waals surface area contributed by atoms with Crippen LogP contribution in [0.15, 0.2) is 59.8 Å². The molecule has 1 amide bonds. The van der Waals surface area contributed by atoms with Crippen molar-refractivity contribution in [2.24, 2.45) is 0 Å². The highest BCUT2D eigenvalue weighted by Crippen LogP contribution is 2.28. The van der Waals surface area contributed by atoms with Crippen molar-refractivity contribution >= 4 is 35.1 Å². The van der Waals surface area contributed by atoms with Crippen molar-refractivity contribution < 1.29 is 14.3 Å². The smallest absolute Gasteiger partial charge is 0.232 e. The lowest BCUT2D eigenvalue weighted by molar-refractivity contribution is -0.127. The van der Waals surface area contributed by atoms with Crippen LogP contribution in [0.5, 0.6) is 11.5 Å². The molecule has 1 aromatic heterocycles. The minimum atomic E-state index is -0.00626. The number of carbonyl (C=O) groups excluding carboxylic acids is 1. The summed E-state index contributed by atoms with van der Waals surface area (Å²) >= 11 is 7.51. The van der Waals surface area contributed by atoms with Crippen molar-refractivity contribution in [2.75, 3.05) is 45.5 Å². The van der Waals surface area contributed by atoms with Gasteiger partial charge in [-0.25, -0.2) is 9.97 Å². The number of hydrogen-bond acceptors (Lipinski definition) is 7. The van der Waals surface area contributed by atoms with Crippen LogP contribution in [0.4, 0.5) is 5.82 Å². The topological polar surface area (TPSA) is 67.8 Å². The molecule has 2 aromatic carbocycles. The molecular weight excluding hydrogens is 472 g/mol. The fourth-order valence-corrected chi connectivity index (χ4v) is 4.30. The second kappa shape index (κ2) is 12.5. The summed E-state index contributed by atoms with van der Waals surface area (Å²) < 4.78 is 10.6. The average molecular weight is 501 g/mol. The molecule has 9 heteroatoms. The minimum absolute atomic E-state index is 0.00626. The van der Waals surface area contributed by atoms with Gasteiger partial charge >= 0.3 is 0 Å². The molecule has 0 atom stereocenters. The van der Waals surface area contributed by atoms with Gasteiger partial charge in [0.05, 0.1) is 20.0 Å². The van der Waals surface area contributed by atoms with E-state index >= 15 is 0 Å². The molecule has 1 heterocycles. The number of likely N-dealkylation sites (N-methyl/N-ethyl adjacent to an activating group) is 1. The Balaban J connectivity index is 1.54. The molecule has 3 rings (SSSR count). The molecule has 3 aromatic rings. The zero-order valence-corrected chi connectivity index (χ0v) is 21.4. The maximum Gasteiger partial charge on any atom is 0.232 e. The van der Waals surface area contributed by atoms with Gasteiger partial charge in [-0.05, 0) is 29.7 Å². The Morgan fingerprint density at radius 1 is 0.971 bits per heavy atom. The normalized spacial score (nSPS) is 10.6. The summed E-state index contributed by atoms with van der Waals surface area (Å²) in [6.45, 7) is 1.27. The third-order valence-corrected chi connectivity index (χ3v) is 6.27. The summed E-state index contributed by atoms with van der Waals surface area (Å²) in [6.07, 6.45) is 0.704. The Morgan fingerprint density at radius 3 is 2.41 bits per heavy atom. The van der Waals surface area contributed by atoms with E-state index in [2.05, 4.69) is 22.1 Å². The number of amides is 1. The van der Waals surface area contributed by atoms with Gasteiger partial charge < -0.3 is 19.3 Å². The molecule has 7 nitrogen and oxygen atoms in total. The van der Waals surface area contributed by atoms with Crippen LogP contribution in [0, 0.1) is 0 Å². The van der Waals surface area contributed by atoms with Gasteiger partial charge in [0.2, 0.25) is 5.91 Å². The summed E-state index contributed by atoms with van der Waals surface area (Å²) in [7, 11) is 6.96. The number of ether oxygens (including phenoxy) is 2. The molecular formula is C25H29ClN4O3S. The number of thioether (sulfide) groups is 1. The molecule has 0 N–H and O–H groups in total. The summed E-state index contributed by atoms with van der Waals surface area (Å²) in [4.78, 5) is 25.2. The molecule has 0 aliphatic heterocycles. The summed E-state index contributed by atoms with van der Waals surface area (Å²) in [5.74, 6) is 2.29. The highest BCUT2D eigenvalue weighted by atomic mass is 35.5. The van der Waals surface area contributed by atoms with Crippen LogP contribution in [0.1, 0.15) is 11.1 Å². The molecule has 180 valence electrons.